The van der Waals surface area contributed by atoms with Crippen molar-refractivity contribution in [1.82, 2.24) is 4.90 Å². The van der Waals surface area contributed by atoms with Gasteiger partial charge in [0.2, 0.25) is 5.91 Å². The molecule has 1 aliphatic carbocycles. The van der Waals surface area contributed by atoms with Gasteiger partial charge in [-0.25, -0.2) is 0 Å². The number of hydrogen-bond acceptors (Lipinski definition) is 4. The van der Waals surface area contributed by atoms with Crippen LogP contribution in [0.1, 0.15) is 69.1 Å². The lowest BCUT2D eigenvalue weighted by Crippen LogP contribution is -2.49. The van der Waals surface area contributed by atoms with E-state index >= 15 is 0 Å². The molecular formula is C36H41NO4. The van der Waals surface area contributed by atoms with Gasteiger partial charge in [0.1, 0.15) is 11.5 Å². The molecule has 3 atom stereocenters. The molecule has 0 spiro atoms. The molecule has 1 heterocycles. The monoisotopic (exact) mass is 551 g/mol. The summed E-state index contributed by atoms with van der Waals surface area (Å²) >= 11 is 0. The van der Waals surface area contributed by atoms with E-state index in [9.17, 15) is 9.59 Å². The third kappa shape index (κ3) is 6.24. The Morgan fingerprint density at radius 1 is 1.02 bits per heavy atom. The third-order valence-electron chi connectivity index (χ3n) is 8.88. The maximum absolute atomic E-state index is 13.7. The summed E-state index contributed by atoms with van der Waals surface area (Å²) in [6, 6.07) is 18.4. The van der Waals surface area contributed by atoms with Gasteiger partial charge in [0.25, 0.3) is 0 Å². The number of fused-ring (bicyclic) bond motifs is 1. The first-order valence-corrected chi connectivity index (χ1v) is 14.6. The SMILES string of the molecule is C=C(C)C1CCC(C)=CC1c1ccc(CC2CN(C(C)=O)C2)cc1OC(=O)[C@@H](C)c1ccc2cc(OC)ccc2c1. The van der Waals surface area contributed by atoms with Crippen LogP contribution in [0.25, 0.3) is 10.8 Å². The van der Waals surface area contributed by atoms with Crippen LogP contribution in [0.5, 0.6) is 11.5 Å². The standard InChI is InChI=1S/C36H41NO4/c1-22(2)32-13-7-23(3)15-34(32)33-14-8-26(16-27-20-37(21-27)25(5)38)17-35(33)41-36(39)24(4)28-9-10-30-19-31(40-6)12-11-29(30)18-28/h8-12,14-15,17-19,24,27,32,34H,1,7,13,16,20-21H2,2-6H3/t24-,32?,34?/m0/s1. The molecule has 41 heavy (non-hydrogen) atoms. The highest BCUT2D eigenvalue weighted by Gasteiger charge is 2.31. The van der Waals surface area contributed by atoms with E-state index in [1.54, 1.807) is 14.0 Å². The van der Waals surface area contributed by atoms with Gasteiger partial charge in [0, 0.05) is 31.5 Å². The topological polar surface area (TPSA) is 55.8 Å². The molecule has 1 fully saturated rings. The molecule has 214 valence electrons. The number of hydrogen-bond donors (Lipinski definition) is 0. The fourth-order valence-corrected chi connectivity index (χ4v) is 6.26. The average molecular weight is 552 g/mol. The Labute approximate surface area is 243 Å². The van der Waals surface area contributed by atoms with E-state index in [2.05, 4.69) is 50.8 Å². The zero-order chi connectivity index (χ0) is 29.3. The minimum Gasteiger partial charge on any atom is -0.497 e. The van der Waals surface area contributed by atoms with E-state index in [0.717, 1.165) is 71.1 Å². The highest BCUT2D eigenvalue weighted by atomic mass is 16.5. The molecule has 1 saturated heterocycles. The first-order valence-electron chi connectivity index (χ1n) is 14.6. The van der Waals surface area contributed by atoms with Crippen LogP contribution in [0.4, 0.5) is 0 Å². The molecule has 3 aromatic carbocycles. The second-order valence-electron chi connectivity index (χ2n) is 12.0. The second kappa shape index (κ2) is 11.9. The lowest BCUT2D eigenvalue weighted by Gasteiger charge is -2.39. The number of ether oxygens (including phenoxy) is 2. The highest BCUT2D eigenvalue weighted by Crippen LogP contribution is 2.43. The van der Waals surface area contributed by atoms with Crippen molar-refractivity contribution in [2.45, 2.75) is 58.8 Å². The van der Waals surface area contributed by atoms with Crippen LogP contribution < -0.4 is 9.47 Å². The van der Waals surface area contributed by atoms with Gasteiger partial charge >= 0.3 is 5.97 Å². The zero-order valence-corrected chi connectivity index (χ0v) is 24.9. The van der Waals surface area contributed by atoms with Gasteiger partial charge in [-0.05, 0) is 92.0 Å². The molecule has 5 nitrogen and oxygen atoms in total. The van der Waals surface area contributed by atoms with Gasteiger partial charge in [0.05, 0.1) is 13.0 Å². The molecule has 1 amide bonds. The van der Waals surface area contributed by atoms with Crippen molar-refractivity contribution in [2.24, 2.45) is 11.8 Å². The van der Waals surface area contributed by atoms with E-state index in [0.29, 0.717) is 17.6 Å². The van der Waals surface area contributed by atoms with Crippen molar-refractivity contribution < 1.29 is 19.1 Å². The van der Waals surface area contributed by atoms with E-state index < -0.39 is 5.92 Å². The van der Waals surface area contributed by atoms with Crippen LogP contribution in [0, 0.1) is 11.8 Å². The van der Waals surface area contributed by atoms with Crippen molar-refractivity contribution in [3.05, 3.63) is 95.1 Å². The van der Waals surface area contributed by atoms with E-state index in [-0.39, 0.29) is 17.8 Å². The number of allylic oxidation sites excluding steroid dienone is 3. The smallest absolute Gasteiger partial charge is 0.318 e. The van der Waals surface area contributed by atoms with Crippen molar-refractivity contribution in [1.29, 1.82) is 0 Å². The van der Waals surface area contributed by atoms with Crippen LogP contribution in [0.2, 0.25) is 0 Å². The van der Waals surface area contributed by atoms with Crippen molar-refractivity contribution >= 4 is 22.6 Å². The number of esters is 1. The predicted molar refractivity (Wildman–Crippen MR) is 164 cm³/mol. The van der Waals surface area contributed by atoms with Crippen molar-refractivity contribution in [3.8, 4) is 11.5 Å². The normalized spacial score (nSPS) is 19.7. The Morgan fingerprint density at radius 3 is 2.46 bits per heavy atom. The quantitative estimate of drug-likeness (QED) is 0.164. The van der Waals surface area contributed by atoms with Crippen molar-refractivity contribution in [2.75, 3.05) is 20.2 Å². The zero-order valence-electron chi connectivity index (χ0n) is 24.9. The maximum Gasteiger partial charge on any atom is 0.318 e. The summed E-state index contributed by atoms with van der Waals surface area (Å²) in [4.78, 5) is 27.2. The van der Waals surface area contributed by atoms with Gasteiger partial charge in [0.15, 0.2) is 0 Å². The first-order chi connectivity index (χ1) is 19.6. The van der Waals surface area contributed by atoms with Gasteiger partial charge in [-0.15, -0.1) is 0 Å². The minimum absolute atomic E-state index is 0.112. The lowest BCUT2D eigenvalue weighted by atomic mass is 9.74. The number of carbonyl (C=O) groups is 2. The van der Waals surface area contributed by atoms with E-state index in [1.807, 2.05) is 42.2 Å². The number of rotatable bonds is 8. The lowest BCUT2D eigenvalue weighted by molar-refractivity contribution is -0.136. The molecule has 2 aliphatic rings. The Bertz CT molecular complexity index is 1510. The Hall–Kier alpha value is -3.86. The summed E-state index contributed by atoms with van der Waals surface area (Å²) in [5.74, 6) is 1.69. The average Bonchev–Trinajstić information content (AvgIpc) is 2.93. The number of benzene rings is 3. The molecule has 3 aromatic rings. The van der Waals surface area contributed by atoms with Gasteiger partial charge in [-0.3, -0.25) is 9.59 Å². The number of nitrogens with zero attached hydrogens (tertiary/aromatic N) is 1. The number of amides is 1. The molecule has 0 aromatic heterocycles. The Kier molecular flexibility index (Phi) is 8.35. The predicted octanol–water partition coefficient (Wildman–Crippen LogP) is 7.59. The minimum atomic E-state index is -0.436. The largest absolute Gasteiger partial charge is 0.497 e. The number of methoxy groups -OCH3 is 1. The molecule has 0 N–H and O–H groups in total. The summed E-state index contributed by atoms with van der Waals surface area (Å²) in [6.45, 7) is 13.6. The van der Waals surface area contributed by atoms with Gasteiger partial charge in [-0.2, -0.15) is 0 Å². The van der Waals surface area contributed by atoms with Gasteiger partial charge < -0.3 is 14.4 Å². The number of likely N-dealkylation sites (tertiary alicyclic amines) is 1. The molecule has 0 radical (unpaired) electrons. The van der Waals surface area contributed by atoms with Gasteiger partial charge in [-0.1, -0.05) is 60.2 Å². The van der Waals surface area contributed by atoms with Crippen LogP contribution >= 0.6 is 0 Å². The van der Waals surface area contributed by atoms with E-state index in [1.165, 1.54) is 5.57 Å². The summed E-state index contributed by atoms with van der Waals surface area (Å²) in [7, 11) is 1.66. The summed E-state index contributed by atoms with van der Waals surface area (Å²) in [5, 5.41) is 2.12. The molecular weight excluding hydrogens is 510 g/mol. The third-order valence-corrected chi connectivity index (χ3v) is 8.88. The second-order valence-corrected chi connectivity index (χ2v) is 12.0. The molecule has 5 heteroatoms. The van der Waals surface area contributed by atoms with E-state index in [4.69, 9.17) is 9.47 Å². The molecule has 0 bridgehead atoms. The van der Waals surface area contributed by atoms with Crippen molar-refractivity contribution in [3.63, 3.8) is 0 Å². The summed E-state index contributed by atoms with van der Waals surface area (Å²) in [5.41, 5.74) is 5.58. The summed E-state index contributed by atoms with van der Waals surface area (Å²) < 4.78 is 11.6. The van der Waals surface area contributed by atoms with Crippen LogP contribution in [-0.2, 0) is 16.0 Å². The van der Waals surface area contributed by atoms with Crippen LogP contribution in [-0.4, -0.2) is 37.0 Å². The Balaban J connectivity index is 1.43. The molecule has 2 unspecified atom stereocenters. The maximum atomic E-state index is 13.7. The first kappa shape index (κ1) is 28.7. The fourth-order valence-electron chi connectivity index (χ4n) is 6.26. The highest BCUT2D eigenvalue weighted by molar-refractivity contribution is 5.87. The fraction of sp³-hybridized carbons (Fsp3) is 0.389. The van der Waals surface area contributed by atoms with Crippen LogP contribution in [0.15, 0.2) is 78.4 Å². The summed E-state index contributed by atoms with van der Waals surface area (Å²) in [6.07, 6.45) is 5.27. The van der Waals surface area contributed by atoms with Crippen LogP contribution in [0.3, 0.4) is 0 Å². The molecule has 5 rings (SSSR count). The molecule has 1 aliphatic heterocycles. The molecule has 0 saturated carbocycles. The Morgan fingerprint density at radius 2 is 1.76 bits per heavy atom. The number of carbonyl (C=O) groups excluding carboxylic acids is 2.